The Morgan fingerprint density at radius 2 is 2.23 bits per heavy atom. The zero-order valence-corrected chi connectivity index (χ0v) is 8.03. The molecule has 1 aromatic rings. The molecule has 0 aliphatic heterocycles. The number of aryl methyl sites for hydroxylation is 1. The van der Waals surface area contributed by atoms with Crippen molar-refractivity contribution in [2.45, 2.75) is 25.9 Å². The Hall–Kier alpha value is -0.860. The molecule has 0 aromatic heterocycles. The van der Waals surface area contributed by atoms with Crippen LogP contribution in [0.5, 0.6) is 0 Å². The lowest BCUT2D eigenvalue weighted by Gasteiger charge is -2.09. The minimum atomic E-state index is -0.299. The summed E-state index contributed by atoms with van der Waals surface area (Å²) in [6.45, 7) is 2.60. The largest absolute Gasteiger partial charge is 0.393 e. The maximum absolute atomic E-state index is 9.51. The van der Waals surface area contributed by atoms with E-state index < -0.39 is 0 Å². The Kier molecular flexibility index (Phi) is 3.93. The molecule has 1 aromatic carbocycles. The Labute approximate surface area is 79.4 Å². The molecule has 0 bridgehead atoms. The summed E-state index contributed by atoms with van der Waals surface area (Å²) >= 11 is 0. The van der Waals surface area contributed by atoms with Crippen molar-refractivity contribution < 1.29 is 5.11 Å². The molecule has 1 unspecified atom stereocenters. The highest BCUT2D eigenvalue weighted by molar-refractivity contribution is 5.22. The zero-order chi connectivity index (χ0) is 9.68. The lowest BCUT2D eigenvalue weighted by molar-refractivity contribution is 0.167. The molecule has 13 heavy (non-hydrogen) atoms. The van der Waals surface area contributed by atoms with E-state index in [1.807, 2.05) is 12.1 Å². The SMILES string of the molecule is Cc1cccc(CC(O)CCN)c1. The van der Waals surface area contributed by atoms with Gasteiger partial charge in [-0.3, -0.25) is 0 Å². The van der Waals surface area contributed by atoms with Crippen molar-refractivity contribution in [3.63, 3.8) is 0 Å². The molecular weight excluding hydrogens is 162 g/mol. The van der Waals surface area contributed by atoms with Gasteiger partial charge in [0.15, 0.2) is 0 Å². The van der Waals surface area contributed by atoms with Crippen LogP contribution in [0.2, 0.25) is 0 Å². The summed E-state index contributed by atoms with van der Waals surface area (Å²) in [5.74, 6) is 0. The minimum absolute atomic E-state index is 0.299. The number of aliphatic hydroxyl groups is 1. The minimum Gasteiger partial charge on any atom is -0.393 e. The van der Waals surface area contributed by atoms with E-state index in [4.69, 9.17) is 5.73 Å². The second kappa shape index (κ2) is 5.00. The van der Waals surface area contributed by atoms with E-state index in [1.54, 1.807) is 0 Å². The third-order valence-corrected chi connectivity index (χ3v) is 2.05. The first-order chi connectivity index (χ1) is 6.22. The second-order valence-electron chi connectivity index (χ2n) is 3.42. The van der Waals surface area contributed by atoms with Crippen molar-refractivity contribution in [1.82, 2.24) is 0 Å². The first-order valence-electron chi connectivity index (χ1n) is 4.66. The lowest BCUT2D eigenvalue weighted by Crippen LogP contribution is -2.15. The number of benzene rings is 1. The van der Waals surface area contributed by atoms with Gasteiger partial charge in [-0.05, 0) is 31.9 Å². The molecule has 0 aliphatic rings. The molecule has 3 N–H and O–H groups in total. The summed E-state index contributed by atoms with van der Waals surface area (Å²) in [5.41, 5.74) is 7.77. The molecule has 1 atom stereocenters. The van der Waals surface area contributed by atoms with Gasteiger partial charge >= 0.3 is 0 Å². The van der Waals surface area contributed by atoms with E-state index in [1.165, 1.54) is 11.1 Å². The van der Waals surface area contributed by atoms with Crippen LogP contribution in [0.25, 0.3) is 0 Å². The van der Waals surface area contributed by atoms with E-state index in [-0.39, 0.29) is 6.10 Å². The highest BCUT2D eigenvalue weighted by Gasteiger charge is 2.03. The van der Waals surface area contributed by atoms with Crippen molar-refractivity contribution in [3.8, 4) is 0 Å². The Bertz CT molecular complexity index is 260. The molecule has 0 saturated heterocycles. The molecule has 72 valence electrons. The van der Waals surface area contributed by atoms with E-state index >= 15 is 0 Å². The van der Waals surface area contributed by atoms with Gasteiger partial charge in [0.1, 0.15) is 0 Å². The standard InChI is InChI=1S/C11H17NO/c1-9-3-2-4-10(7-9)8-11(13)5-6-12/h2-4,7,11,13H,5-6,8,12H2,1H3. The molecule has 1 rings (SSSR count). The molecule has 0 saturated carbocycles. The summed E-state index contributed by atoms with van der Waals surface area (Å²) in [6, 6.07) is 8.20. The van der Waals surface area contributed by atoms with Crippen LogP contribution in [0.3, 0.4) is 0 Å². The van der Waals surface area contributed by atoms with Crippen LogP contribution in [-0.2, 0) is 6.42 Å². The van der Waals surface area contributed by atoms with Gasteiger partial charge < -0.3 is 10.8 Å². The molecule has 0 radical (unpaired) electrons. The lowest BCUT2D eigenvalue weighted by atomic mass is 10.0. The Morgan fingerprint density at radius 1 is 1.46 bits per heavy atom. The van der Waals surface area contributed by atoms with Crippen molar-refractivity contribution in [3.05, 3.63) is 35.4 Å². The van der Waals surface area contributed by atoms with Crippen LogP contribution in [-0.4, -0.2) is 17.8 Å². The number of nitrogens with two attached hydrogens (primary N) is 1. The van der Waals surface area contributed by atoms with Crippen LogP contribution in [0.15, 0.2) is 24.3 Å². The summed E-state index contributed by atoms with van der Waals surface area (Å²) < 4.78 is 0. The van der Waals surface area contributed by atoms with Gasteiger partial charge in [0, 0.05) is 0 Å². The van der Waals surface area contributed by atoms with Crippen LogP contribution >= 0.6 is 0 Å². The number of aliphatic hydroxyl groups excluding tert-OH is 1. The fourth-order valence-electron chi connectivity index (χ4n) is 1.41. The quantitative estimate of drug-likeness (QED) is 0.730. The van der Waals surface area contributed by atoms with Crippen molar-refractivity contribution >= 4 is 0 Å². The Balaban J connectivity index is 2.53. The third-order valence-electron chi connectivity index (χ3n) is 2.05. The van der Waals surface area contributed by atoms with Crippen molar-refractivity contribution in [1.29, 1.82) is 0 Å². The summed E-state index contributed by atoms with van der Waals surface area (Å²) in [4.78, 5) is 0. The smallest absolute Gasteiger partial charge is 0.0592 e. The molecule has 2 heteroatoms. The fourth-order valence-corrected chi connectivity index (χ4v) is 1.41. The molecule has 0 amide bonds. The number of hydrogen-bond donors (Lipinski definition) is 2. The normalized spacial score (nSPS) is 12.8. The van der Waals surface area contributed by atoms with Gasteiger partial charge in [0.25, 0.3) is 0 Å². The van der Waals surface area contributed by atoms with Gasteiger partial charge in [-0.2, -0.15) is 0 Å². The summed E-state index contributed by atoms with van der Waals surface area (Å²) in [7, 11) is 0. The van der Waals surface area contributed by atoms with Gasteiger partial charge in [-0.25, -0.2) is 0 Å². The van der Waals surface area contributed by atoms with Crippen molar-refractivity contribution in [2.75, 3.05) is 6.54 Å². The average molecular weight is 179 g/mol. The third kappa shape index (κ3) is 3.57. The zero-order valence-electron chi connectivity index (χ0n) is 8.03. The molecule has 2 nitrogen and oxygen atoms in total. The van der Waals surface area contributed by atoms with Crippen LogP contribution < -0.4 is 5.73 Å². The topological polar surface area (TPSA) is 46.2 Å². The predicted molar refractivity (Wildman–Crippen MR) is 54.6 cm³/mol. The van der Waals surface area contributed by atoms with E-state index in [0.717, 1.165) is 0 Å². The maximum atomic E-state index is 9.51. The number of rotatable bonds is 4. The van der Waals surface area contributed by atoms with Gasteiger partial charge in [-0.1, -0.05) is 29.8 Å². The van der Waals surface area contributed by atoms with E-state index in [0.29, 0.717) is 19.4 Å². The van der Waals surface area contributed by atoms with Gasteiger partial charge in [0.05, 0.1) is 6.10 Å². The predicted octanol–water partition coefficient (Wildman–Crippen LogP) is 1.25. The average Bonchev–Trinajstić information content (AvgIpc) is 2.04. The van der Waals surface area contributed by atoms with Gasteiger partial charge in [-0.15, -0.1) is 0 Å². The van der Waals surface area contributed by atoms with Crippen LogP contribution in [0, 0.1) is 6.92 Å². The fraction of sp³-hybridized carbons (Fsp3) is 0.455. The highest BCUT2D eigenvalue weighted by Crippen LogP contribution is 2.07. The first kappa shape index (κ1) is 10.2. The Morgan fingerprint density at radius 3 is 2.85 bits per heavy atom. The summed E-state index contributed by atoms with van der Waals surface area (Å²) in [6.07, 6.45) is 1.08. The highest BCUT2D eigenvalue weighted by atomic mass is 16.3. The van der Waals surface area contributed by atoms with E-state index in [9.17, 15) is 5.11 Å². The molecular formula is C11H17NO. The molecule has 0 heterocycles. The summed E-state index contributed by atoms with van der Waals surface area (Å²) in [5, 5.41) is 9.51. The second-order valence-corrected chi connectivity index (χ2v) is 3.42. The first-order valence-corrected chi connectivity index (χ1v) is 4.66. The van der Waals surface area contributed by atoms with Crippen molar-refractivity contribution in [2.24, 2.45) is 5.73 Å². The molecule has 0 fully saturated rings. The van der Waals surface area contributed by atoms with Gasteiger partial charge in [0.2, 0.25) is 0 Å². The molecule has 0 spiro atoms. The van der Waals surface area contributed by atoms with E-state index in [2.05, 4.69) is 19.1 Å². The number of hydrogen-bond acceptors (Lipinski definition) is 2. The maximum Gasteiger partial charge on any atom is 0.0592 e. The molecule has 0 aliphatic carbocycles. The van der Waals surface area contributed by atoms with Crippen LogP contribution in [0.1, 0.15) is 17.5 Å². The monoisotopic (exact) mass is 179 g/mol. The van der Waals surface area contributed by atoms with Crippen LogP contribution in [0.4, 0.5) is 0 Å².